The molecule has 0 aliphatic rings. The Morgan fingerprint density at radius 1 is 1.44 bits per heavy atom. The van der Waals surface area contributed by atoms with E-state index in [-0.39, 0.29) is 34.1 Å². The van der Waals surface area contributed by atoms with Crippen LogP contribution in [0, 0.1) is 18.7 Å². The number of carboxylic acid groups (broad SMARTS) is 1. The number of carboxylic acids is 1. The molecular formula is C17H18ClFN2O4. The zero-order valence-electron chi connectivity index (χ0n) is 13.8. The van der Waals surface area contributed by atoms with E-state index in [1.54, 1.807) is 13.8 Å². The van der Waals surface area contributed by atoms with Gasteiger partial charge in [-0.25, -0.2) is 4.39 Å². The van der Waals surface area contributed by atoms with Gasteiger partial charge < -0.3 is 14.9 Å². The van der Waals surface area contributed by atoms with E-state index in [4.69, 9.17) is 21.2 Å². The number of nitrogens with one attached hydrogen (secondary N) is 1. The highest BCUT2D eigenvalue weighted by molar-refractivity contribution is 6.33. The fourth-order valence-corrected chi connectivity index (χ4v) is 2.61. The fourth-order valence-electron chi connectivity index (χ4n) is 2.36. The van der Waals surface area contributed by atoms with Crippen molar-refractivity contribution in [2.45, 2.75) is 26.7 Å². The van der Waals surface area contributed by atoms with Gasteiger partial charge in [-0.05, 0) is 31.9 Å². The molecule has 1 amide bonds. The normalized spacial score (nSPS) is 12.0. The van der Waals surface area contributed by atoms with Crippen LogP contribution in [0.1, 0.15) is 35.9 Å². The average molecular weight is 369 g/mol. The van der Waals surface area contributed by atoms with E-state index in [1.165, 1.54) is 18.2 Å². The van der Waals surface area contributed by atoms with Crippen LogP contribution in [0.5, 0.6) is 0 Å². The molecule has 1 heterocycles. The first-order chi connectivity index (χ1) is 11.8. The van der Waals surface area contributed by atoms with Crippen molar-refractivity contribution in [1.29, 1.82) is 0 Å². The predicted molar refractivity (Wildman–Crippen MR) is 90.0 cm³/mol. The smallest absolute Gasteiger partial charge is 0.306 e. The van der Waals surface area contributed by atoms with Crippen LogP contribution in [0.4, 0.5) is 4.39 Å². The van der Waals surface area contributed by atoms with E-state index < -0.39 is 23.6 Å². The van der Waals surface area contributed by atoms with Crippen LogP contribution in [0.25, 0.3) is 11.3 Å². The van der Waals surface area contributed by atoms with Crippen molar-refractivity contribution in [3.8, 4) is 11.3 Å². The Labute approximate surface area is 149 Å². The molecule has 1 aromatic heterocycles. The third-order valence-corrected chi connectivity index (χ3v) is 4.13. The zero-order chi connectivity index (χ0) is 18.6. The van der Waals surface area contributed by atoms with Crippen molar-refractivity contribution in [3.63, 3.8) is 0 Å². The first-order valence-electron chi connectivity index (χ1n) is 7.74. The number of hydrogen-bond donors (Lipinski definition) is 2. The van der Waals surface area contributed by atoms with Gasteiger partial charge in [0.2, 0.25) is 0 Å². The van der Waals surface area contributed by atoms with Crippen LogP contribution in [0.15, 0.2) is 22.7 Å². The molecule has 2 aromatic rings. The fraction of sp³-hybridized carbons (Fsp3) is 0.353. The van der Waals surface area contributed by atoms with Gasteiger partial charge >= 0.3 is 5.97 Å². The molecule has 0 aliphatic heterocycles. The van der Waals surface area contributed by atoms with Gasteiger partial charge in [0, 0.05) is 6.54 Å². The van der Waals surface area contributed by atoms with E-state index in [1.807, 2.05) is 0 Å². The van der Waals surface area contributed by atoms with Gasteiger partial charge in [-0.2, -0.15) is 0 Å². The lowest BCUT2D eigenvalue weighted by molar-refractivity contribution is -0.141. The molecule has 1 atom stereocenters. The maximum Gasteiger partial charge on any atom is 0.306 e. The van der Waals surface area contributed by atoms with Gasteiger partial charge in [-0.1, -0.05) is 29.7 Å². The molecule has 0 fully saturated rings. The number of benzene rings is 1. The van der Waals surface area contributed by atoms with E-state index in [2.05, 4.69) is 10.5 Å². The molecule has 1 unspecified atom stereocenters. The number of carbonyl (C=O) groups excluding carboxylic acids is 1. The highest BCUT2D eigenvalue weighted by Gasteiger charge is 2.25. The second kappa shape index (κ2) is 8.11. The molecule has 0 radical (unpaired) electrons. The number of halogens is 2. The second-order valence-electron chi connectivity index (χ2n) is 5.70. The Balaban J connectivity index is 2.14. The van der Waals surface area contributed by atoms with E-state index in [0.717, 1.165) is 0 Å². The number of carbonyl (C=O) groups is 2. The molecule has 1 aromatic carbocycles. The highest BCUT2D eigenvalue weighted by Crippen LogP contribution is 2.33. The summed E-state index contributed by atoms with van der Waals surface area (Å²) in [5.74, 6) is -2.20. The van der Waals surface area contributed by atoms with Gasteiger partial charge in [0.05, 0.1) is 16.5 Å². The molecule has 8 heteroatoms. The van der Waals surface area contributed by atoms with E-state index in [0.29, 0.717) is 12.8 Å². The summed E-state index contributed by atoms with van der Waals surface area (Å²) in [5, 5.41) is 15.4. The zero-order valence-corrected chi connectivity index (χ0v) is 14.6. The third kappa shape index (κ3) is 4.36. The lowest BCUT2D eigenvalue weighted by Crippen LogP contribution is -2.26. The van der Waals surface area contributed by atoms with Crippen LogP contribution in [0.2, 0.25) is 5.02 Å². The first kappa shape index (κ1) is 18.9. The van der Waals surface area contributed by atoms with Gasteiger partial charge in [0.15, 0.2) is 0 Å². The van der Waals surface area contributed by atoms with Crippen molar-refractivity contribution in [3.05, 3.63) is 40.4 Å². The van der Waals surface area contributed by atoms with Gasteiger partial charge in [-0.15, -0.1) is 0 Å². The van der Waals surface area contributed by atoms with Crippen LogP contribution >= 0.6 is 11.6 Å². The third-order valence-electron chi connectivity index (χ3n) is 3.81. The Morgan fingerprint density at radius 3 is 2.80 bits per heavy atom. The summed E-state index contributed by atoms with van der Waals surface area (Å²) < 4.78 is 19.1. The molecule has 0 spiro atoms. The minimum Gasteiger partial charge on any atom is -0.481 e. The number of aryl methyl sites for hydroxylation is 1. The van der Waals surface area contributed by atoms with Crippen molar-refractivity contribution in [1.82, 2.24) is 10.5 Å². The Morgan fingerprint density at radius 2 is 2.16 bits per heavy atom. The SMILES string of the molecule is Cc1onc(-c2c(F)cccc2Cl)c1C(=O)NCCCC(C)C(=O)O. The van der Waals surface area contributed by atoms with Crippen LogP contribution in [-0.2, 0) is 4.79 Å². The summed E-state index contributed by atoms with van der Waals surface area (Å²) in [6.07, 6.45) is 0.934. The predicted octanol–water partition coefficient (Wildman–Crippen LogP) is 3.67. The average Bonchev–Trinajstić information content (AvgIpc) is 2.92. The number of hydrogen-bond acceptors (Lipinski definition) is 4. The monoisotopic (exact) mass is 368 g/mol. The lowest BCUT2D eigenvalue weighted by Gasteiger charge is -2.08. The summed E-state index contributed by atoms with van der Waals surface area (Å²) in [7, 11) is 0. The Bertz CT molecular complexity index is 771. The standard InChI is InChI=1S/C17H18ClFN2O4/c1-9(17(23)24)5-4-8-20-16(22)13-10(2)25-21-15(13)14-11(18)6-3-7-12(14)19/h3,6-7,9H,4-5,8H2,1-2H3,(H,20,22)(H,23,24). The topological polar surface area (TPSA) is 92.4 Å². The van der Waals surface area contributed by atoms with Crippen LogP contribution < -0.4 is 5.32 Å². The summed E-state index contributed by atoms with van der Waals surface area (Å²) >= 11 is 6.03. The molecule has 0 bridgehead atoms. The first-order valence-corrected chi connectivity index (χ1v) is 8.12. The van der Waals surface area contributed by atoms with Crippen molar-refractivity contribution >= 4 is 23.5 Å². The maximum atomic E-state index is 14.1. The molecule has 6 nitrogen and oxygen atoms in total. The van der Waals surface area contributed by atoms with Crippen molar-refractivity contribution in [2.75, 3.05) is 6.54 Å². The van der Waals surface area contributed by atoms with E-state index >= 15 is 0 Å². The van der Waals surface area contributed by atoms with Gasteiger partial charge in [0.1, 0.15) is 22.8 Å². The number of aromatic nitrogens is 1. The van der Waals surface area contributed by atoms with Crippen molar-refractivity contribution < 1.29 is 23.6 Å². The minimum atomic E-state index is -0.877. The maximum absolute atomic E-state index is 14.1. The summed E-state index contributed by atoms with van der Waals surface area (Å²) in [4.78, 5) is 23.2. The molecule has 0 saturated carbocycles. The lowest BCUT2D eigenvalue weighted by atomic mass is 10.0. The number of aliphatic carboxylic acids is 1. The summed E-state index contributed by atoms with van der Waals surface area (Å²) in [6, 6.07) is 4.18. The van der Waals surface area contributed by atoms with Gasteiger partial charge in [-0.3, -0.25) is 9.59 Å². The molecule has 0 aliphatic carbocycles. The minimum absolute atomic E-state index is 0.00525. The Hall–Kier alpha value is -2.41. The van der Waals surface area contributed by atoms with Crippen LogP contribution in [-0.4, -0.2) is 28.7 Å². The van der Waals surface area contributed by atoms with Crippen molar-refractivity contribution in [2.24, 2.45) is 5.92 Å². The summed E-state index contributed by atoms with van der Waals surface area (Å²) in [5.41, 5.74) is 0.154. The Kier molecular flexibility index (Phi) is 6.14. The number of amides is 1. The second-order valence-corrected chi connectivity index (χ2v) is 6.10. The van der Waals surface area contributed by atoms with Crippen LogP contribution in [0.3, 0.4) is 0 Å². The molecule has 0 saturated heterocycles. The van der Waals surface area contributed by atoms with Gasteiger partial charge in [0.25, 0.3) is 5.91 Å². The quantitative estimate of drug-likeness (QED) is 0.727. The largest absolute Gasteiger partial charge is 0.481 e. The summed E-state index contributed by atoms with van der Waals surface area (Å²) in [6.45, 7) is 3.44. The molecule has 2 rings (SSSR count). The molecule has 2 N–H and O–H groups in total. The number of nitrogens with zero attached hydrogens (tertiary/aromatic N) is 1. The number of rotatable bonds is 7. The van der Waals surface area contributed by atoms with E-state index in [9.17, 15) is 14.0 Å². The molecular weight excluding hydrogens is 351 g/mol. The highest BCUT2D eigenvalue weighted by atomic mass is 35.5. The molecule has 134 valence electrons. The molecule has 25 heavy (non-hydrogen) atoms.